The Hall–Kier alpha value is -2.29. The van der Waals surface area contributed by atoms with Gasteiger partial charge in [0.05, 0.1) is 0 Å². The van der Waals surface area contributed by atoms with Crippen LogP contribution in [0.5, 0.6) is 5.75 Å². The molecule has 104 valence electrons. The highest BCUT2D eigenvalue weighted by atomic mass is 16.3. The monoisotopic (exact) mass is 269 g/mol. The number of benzene rings is 2. The Morgan fingerprint density at radius 3 is 2.45 bits per heavy atom. The third-order valence-electron chi connectivity index (χ3n) is 3.42. The molecular weight excluding hydrogens is 250 g/mol. The molecule has 0 atom stereocenters. The fourth-order valence-electron chi connectivity index (χ4n) is 2.16. The van der Waals surface area contributed by atoms with E-state index in [1.807, 2.05) is 37.3 Å². The number of hydrogen-bond donors (Lipinski definition) is 1. The summed E-state index contributed by atoms with van der Waals surface area (Å²) >= 11 is 0. The van der Waals surface area contributed by atoms with E-state index in [4.69, 9.17) is 0 Å². The Morgan fingerprint density at radius 1 is 1.10 bits per heavy atom. The minimum atomic E-state index is -0.0512. The van der Waals surface area contributed by atoms with E-state index in [9.17, 15) is 9.90 Å². The van der Waals surface area contributed by atoms with Crippen molar-refractivity contribution in [1.29, 1.82) is 0 Å². The second-order valence-electron chi connectivity index (χ2n) is 4.75. The van der Waals surface area contributed by atoms with Crippen molar-refractivity contribution in [2.24, 2.45) is 0 Å². The van der Waals surface area contributed by atoms with E-state index in [2.05, 4.69) is 0 Å². The van der Waals surface area contributed by atoms with Crippen LogP contribution in [0, 0.1) is 6.92 Å². The highest BCUT2D eigenvalue weighted by molar-refractivity contribution is 5.96. The lowest BCUT2D eigenvalue weighted by Gasteiger charge is -2.22. The van der Waals surface area contributed by atoms with Gasteiger partial charge in [0, 0.05) is 24.2 Å². The minimum Gasteiger partial charge on any atom is -0.508 e. The van der Waals surface area contributed by atoms with Gasteiger partial charge in [-0.25, -0.2) is 0 Å². The third-order valence-corrected chi connectivity index (χ3v) is 3.42. The van der Waals surface area contributed by atoms with Crippen molar-refractivity contribution in [3.63, 3.8) is 0 Å². The maximum Gasteiger partial charge on any atom is 0.254 e. The van der Waals surface area contributed by atoms with Gasteiger partial charge in [0.25, 0.3) is 5.91 Å². The van der Waals surface area contributed by atoms with Gasteiger partial charge in [0.15, 0.2) is 0 Å². The lowest BCUT2D eigenvalue weighted by atomic mass is 10.1. The van der Waals surface area contributed by atoms with E-state index < -0.39 is 0 Å². The van der Waals surface area contributed by atoms with Gasteiger partial charge in [-0.15, -0.1) is 0 Å². The number of hydrogen-bond acceptors (Lipinski definition) is 2. The van der Waals surface area contributed by atoms with E-state index in [0.717, 1.165) is 5.56 Å². The second kappa shape index (κ2) is 6.24. The maximum atomic E-state index is 12.6. The van der Waals surface area contributed by atoms with Crippen LogP contribution in [0.25, 0.3) is 0 Å². The smallest absolute Gasteiger partial charge is 0.254 e. The highest BCUT2D eigenvalue weighted by Gasteiger charge is 2.17. The summed E-state index contributed by atoms with van der Waals surface area (Å²) in [5.41, 5.74) is 2.28. The topological polar surface area (TPSA) is 40.5 Å². The van der Waals surface area contributed by atoms with Crippen molar-refractivity contribution < 1.29 is 9.90 Å². The van der Waals surface area contributed by atoms with Crippen LogP contribution in [0.2, 0.25) is 0 Å². The van der Waals surface area contributed by atoms with Crippen molar-refractivity contribution in [1.82, 2.24) is 4.90 Å². The standard InChI is InChI=1S/C17H19NO2/c1-3-18(12-14-8-5-4-6-9-14)17(20)15-10-7-11-16(19)13(15)2/h4-11,19H,3,12H2,1-2H3. The van der Waals surface area contributed by atoms with Gasteiger partial charge < -0.3 is 10.0 Å². The van der Waals surface area contributed by atoms with E-state index in [0.29, 0.717) is 24.2 Å². The number of phenolic OH excluding ortho intramolecular Hbond substituents is 1. The number of nitrogens with zero attached hydrogens (tertiary/aromatic N) is 1. The zero-order valence-electron chi connectivity index (χ0n) is 11.8. The molecule has 2 aromatic carbocycles. The summed E-state index contributed by atoms with van der Waals surface area (Å²) in [4.78, 5) is 14.3. The number of carbonyl (C=O) groups is 1. The Balaban J connectivity index is 2.23. The molecule has 0 aromatic heterocycles. The van der Waals surface area contributed by atoms with Crippen molar-refractivity contribution >= 4 is 5.91 Å². The van der Waals surface area contributed by atoms with Crippen molar-refractivity contribution in [3.05, 3.63) is 65.2 Å². The Morgan fingerprint density at radius 2 is 1.80 bits per heavy atom. The normalized spacial score (nSPS) is 10.3. The Labute approximate surface area is 119 Å². The van der Waals surface area contributed by atoms with E-state index in [-0.39, 0.29) is 11.7 Å². The fourth-order valence-corrected chi connectivity index (χ4v) is 2.16. The van der Waals surface area contributed by atoms with Crippen LogP contribution >= 0.6 is 0 Å². The number of amides is 1. The summed E-state index contributed by atoms with van der Waals surface area (Å²) in [6.07, 6.45) is 0. The molecule has 1 N–H and O–H groups in total. The molecule has 0 fully saturated rings. The van der Waals surface area contributed by atoms with Crippen molar-refractivity contribution in [2.75, 3.05) is 6.54 Å². The van der Waals surface area contributed by atoms with Gasteiger partial charge in [-0.05, 0) is 31.5 Å². The zero-order chi connectivity index (χ0) is 14.5. The average Bonchev–Trinajstić information content (AvgIpc) is 2.48. The van der Waals surface area contributed by atoms with Gasteiger partial charge >= 0.3 is 0 Å². The highest BCUT2D eigenvalue weighted by Crippen LogP contribution is 2.21. The molecule has 3 nitrogen and oxygen atoms in total. The Bertz CT molecular complexity index is 593. The summed E-state index contributed by atoms with van der Waals surface area (Å²) < 4.78 is 0. The summed E-state index contributed by atoms with van der Waals surface area (Å²) in [6, 6.07) is 15.0. The van der Waals surface area contributed by atoms with Crippen LogP contribution in [0.3, 0.4) is 0 Å². The first kappa shape index (κ1) is 14.1. The molecule has 0 saturated carbocycles. The van der Waals surface area contributed by atoms with Crippen LogP contribution < -0.4 is 0 Å². The predicted octanol–water partition coefficient (Wildman–Crippen LogP) is 3.36. The summed E-state index contributed by atoms with van der Waals surface area (Å²) in [5.74, 6) is 0.108. The average molecular weight is 269 g/mol. The molecule has 2 aromatic rings. The summed E-state index contributed by atoms with van der Waals surface area (Å²) in [7, 11) is 0. The first-order valence-electron chi connectivity index (χ1n) is 6.75. The van der Waals surface area contributed by atoms with Gasteiger partial charge in [0.2, 0.25) is 0 Å². The van der Waals surface area contributed by atoms with Crippen LogP contribution in [0.1, 0.15) is 28.4 Å². The zero-order valence-corrected chi connectivity index (χ0v) is 11.8. The quantitative estimate of drug-likeness (QED) is 0.924. The first-order valence-corrected chi connectivity index (χ1v) is 6.75. The molecule has 0 unspecified atom stereocenters. The molecule has 0 saturated heterocycles. The number of aromatic hydroxyl groups is 1. The molecule has 0 bridgehead atoms. The molecule has 0 heterocycles. The van der Waals surface area contributed by atoms with E-state index >= 15 is 0 Å². The molecule has 3 heteroatoms. The lowest BCUT2D eigenvalue weighted by Crippen LogP contribution is -2.30. The molecule has 0 spiro atoms. The van der Waals surface area contributed by atoms with Crippen LogP contribution in [-0.4, -0.2) is 22.5 Å². The lowest BCUT2D eigenvalue weighted by molar-refractivity contribution is 0.0751. The van der Waals surface area contributed by atoms with Crippen molar-refractivity contribution in [3.8, 4) is 5.75 Å². The third kappa shape index (κ3) is 2.99. The molecule has 0 aliphatic carbocycles. The molecule has 2 rings (SSSR count). The van der Waals surface area contributed by atoms with Crippen LogP contribution in [-0.2, 0) is 6.54 Å². The molecule has 20 heavy (non-hydrogen) atoms. The molecule has 0 aliphatic heterocycles. The SMILES string of the molecule is CCN(Cc1ccccc1)C(=O)c1cccc(O)c1C. The van der Waals surface area contributed by atoms with Gasteiger partial charge in [-0.1, -0.05) is 36.4 Å². The largest absolute Gasteiger partial charge is 0.508 e. The maximum absolute atomic E-state index is 12.6. The van der Waals surface area contributed by atoms with Gasteiger partial charge in [-0.3, -0.25) is 4.79 Å². The number of carbonyl (C=O) groups excluding carboxylic acids is 1. The molecule has 0 aliphatic rings. The van der Waals surface area contributed by atoms with Crippen LogP contribution in [0.4, 0.5) is 0 Å². The van der Waals surface area contributed by atoms with Crippen molar-refractivity contribution in [2.45, 2.75) is 20.4 Å². The first-order chi connectivity index (χ1) is 9.63. The van der Waals surface area contributed by atoms with E-state index in [1.54, 1.807) is 30.0 Å². The summed E-state index contributed by atoms with van der Waals surface area (Å²) in [5, 5.41) is 9.72. The number of phenols is 1. The summed E-state index contributed by atoms with van der Waals surface area (Å²) in [6.45, 7) is 4.92. The molecular formula is C17H19NO2. The fraction of sp³-hybridized carbons (Fsp3) is 0.235. The Kier molecular flexibility index (Phi) is 4.41. The predicted molar refractivity (Wildman–Crippen MR) is 79.7 cm³/mol. The minimum absolute atomic E-state index is 0.0512. The van der Waals surface area contributed by atoms with Gasteiger partial charge in [-0.2, -0.15) is 0 Å². The second-order valence-corrected chi connectivity index (χ2v) is 4.75. The van der Waals surface area contributed by atoms with Crippen LogP contribution in [0.15, 0.2) is 48.5 Å². The van der Waals surface area contributed by atoms with E-state index in [1.165, 1.54) is 0 Å². The molecule has 1 amide bonds. The van der Waals surface area contributed by atoms with Gasteiger partial charge in [0.1, 0.15) is 5.75 Å². The number of rotatable bonds is 4. The molecule has 0 radical (unpaired) electrons.